The van der Waals surface area contributed by atoms with Gasteiger partial charge in [0.05, 0.1) is 5.69 Å². The Labute approximate surface area is 77.4 Å². The van der Waals surface area contributed by atoms with Gasteiger partial charge in [-0.15, -0.1) is 0 Å². The molecule has 0 aromatic heterocycles. The maximum atomic E-state index is 7.00. The van der Waals surface area contributed by atoms with E-state index in [0.717, 1.165) is 12.8 Å². The fourth-order valence-corrected chi connectivity index (χ4v) is 1.04. The molecule has 1 aliphatic rings. The number of hydrogen-bond acceptors (Lipinski definition) is 3. The van der Waals surface area contributed by atoms with Crippen molar-refractivity contribution in [2.45, 2.75) is 0 Å². The number of benzene rings is 1. The molecule has 1 heterocycles. The van der Waals surface area contributed by atoms with Gasteiger partial charge in [-0.3, -0.25) is 5.43 Å². The highest BCUT2D eigenvalue weighted by molar-refractivity contribution is 5.83. The second kappa shape index (κ2) is 5.11. The van der Waals surface area contributed by atoms with Gasteiger partial charge in [-0.05, 0) is 17.7 Å². The third kappa shape index (κ3) is 2.42. The van der Waals surface area contributed by atoms with Gasteiger partial charge < -0.3 is 5.11 Å². The second-order valence-corrected chi connectivity index (χ2v) is 2.34. The Morgan fingerprint density at radius 2 is 2.00 bits per heavy atom. The number of rotatable bonds is 0. The zero-order valence-corrected chi connectivity index (χ0v) is 7.44. The highest BCUT2D eigenvalue weighted by Gasteiger charge is 1.96. The molecule has 0 fully saturated rings. The summed E-state index contributed by atoms with van der Waals surface area (Å²) in [5, 5.41) is 11.0. The van der Waals surface area contributed by atoms with E-state index in [2.05, 4.69) is 10.5 Å². The molecule has 0 aliphatic carbocycles. The quantitative estimate of drug-likeness (QED) is 0.632. The SMILES string of the molecule is C1=Cc2ccccc2NN=C1.CO. The van der Waals surface area contributed by atoms with Gasteiger partial charge in [-0.1, -0.05) is 24.3 Å². The summed E-state index contributed by atoms with van der Waals surface area (Å²) in [6.45, 7) is 0. The highest BCUT2D eigenvalue weighted by Crippen LogP contribution is 2.17. The molecule has 3 heteroatoms. The van der Waals surface area contributed by atoms with Crippen molar-refractivity contribution in [3.05, 3.63) is 35.9 Å². The van der Waals surface area contributed by atoms with Crippen molar-refractivity contribution in [3.63, 3.8) is 0 Å². The number of anilines is 1. The van der Waals surface area contributed by atoms with Gasteiger partial charge in [0, 0.05) is 13.3 Å². The highest BCUT2D eigenvalue weighted by atomic mass is 16.2. The number of aliphatic hydroxyl groups is 1. The van der Waals surface area contributed by atoms with E-state index in [1.165, 1.54) is 5.56 Å². The number of fused-ring (bicyclic) bond motifs is 1. The van der Waals surface area contributed by atoms with Crippen molar-refractivity contribution in [3.8, 4) is 0 Å². The van der Waals surface area contributed by atoms with Crippen LogP contribution in [0.25, 0.3) is 6.08 Å². The first-order valence-corrected chi connectivity index (χ1v) is 3.96. The van der Waals surface area contributed by atoms with Crippen molar-refractivity contribution >= 4 is 18.0 Å². The summed E-state index contributed by atoms with van der Waals surface area (Å²) in [5.74, 6) is 0. The van der Waals surface area contributed by atoms with Crippen LogP contribution in [-0.4, -0.2) is 18.4 Å². The van der Waals surface area contributed by atoms with Crippen molar-refractivity contribution < 1.29 is 5.11 Å². The first kappa shape index (κ1) is 9.48. The lowest BCUT2D eigenvalue weighted by Gasteiger charge is -2.00. The van der Waals surface area contributed by atoms with Crippen LogP contribution in [0.5, 0.6) is 0 Å². The van der Waals surface area contributed by atoms with Crippen molar-refractivity contribution in [2.75, 3.05) is 12.5 Å². The third-order valence-corrected chi connectivity index (χ3v) is 1.58. The summed E-state index contributed by atoms with van der Waals surface area (Å²) >= 11 is 0. The Morgan fingerprint density at radius 3 is 2.85 bits per heavy atom. The van der Waals surface area contributed by atoms with Crippen LogP contribution in [0.1, 0.15) is 5.56 Å². The summed E-state index contributed by atoms with van der Waals surface area (Å²) in [6.07, 6.45) is 5.68. The molecule has 0 spiro atoms. The Kier molecular flexibility index (Phi) is 3.73. The molecule has 2 N–H and O–H groups in total. The van der Waals surface area contributed by atoms with Gasteiger partial charge in [-0.25, -0.2) is 0 Å². The standard InChI is InChI=1S/C9H8N2.CH4O/c1-2-6-9-8(4-1)5-3-7-10-11-9;1-2/h1-7,11H;2H,1H3. The Morgan fingerprint density at radius 1 is 1.23 bits per heavy atom. The zero-order valence-electron chi connectivity index (χ0n) is 7.44. The van der Waals surface area contributed by atoms with Crippen LogP contribution >= 0.6 is 0 Å². The third-order valence-electron chi connectivity index (χ3n) is 1.58. The minimum absolute atomic E-state index is 1.00. The van der Waals surface area contributed by atoms with Gasteiger partial charge in [0.1, 0.15) is 0 Å². The second-order valence-electron chi connectivity index (χ2n) is 2.34. The minimum atomic E-state index is 1.00. The minimum Gasteiger partial charge on any atom is -0.400 e. The summed E-state index contributed by atoms with van der Waals surface area (Å²) in [5.41, 5.74) is 5.16. The predicted octanol–water partition coefficient (Wildman–Crippen LogP) is 1.72. The summed E-state index contributed by atoms with van der Waals surface area (Å²) in [4.78, 5) is 0. The summed E-state index contributed by atoms with van der Waals surface area (Å²) < 4.78 is 0. The van der Waals surface area contributed by atoms with Gasteiger partial charge in [0.15, 0.2) is 0 Å². The number of nitrogens with zero attached hydrogens (tertiary/aromatic N) is 1. The fourth-order valence-electron chi connectivity index (χ4n) is 1.04. The Bertz CT molecular complexity index is 318. The molecule has 13 heavy (non-hydrogen) atoms. The van der Waals surface area contributed by atoms with Crippen LogP contribution in [0.4, 0.5) is 5.69 Å². The van der Waals surface area contributed by atoms with E-state index in [9.17, 15) is 0 Å². The first-order valence-electron chi connectivity index (χ1n) is 3.96. The molecule has 3 nitrogen and oxygen atoms in total. The van der Waals surface area contributed by atoms with Crippen molar-refractivity contribution in [2.24, 2.45) is 5.10 Å². The molecular weight excluding hydrogens is 164 g/mol. The number of nitrogens with one attached hydrogen (secondary N) is 1. The molecule has 0 saturated carbocycles. The van der Waals surface area contributed by atoms with E-state index in [0.29, 0.717) is 0 Å². The van der Waals surface area contributed by atoms with Gasteiger partial charge in [0.2, 0.25) is 0 Å². The maximum Gasteiger partial charge on any atom is 0.0634 e. The van der Waals surface area contributed by atoms with Crippen LogP contribution in [0, 0.1) is 0 Å². The molecule has 0 saturated heterocycles. The van der Waals surface area contributed by atoms with Gasteiger partial charge in [-0.2, -0.15) is 5.10 Å². The van der Waals surface area contributed by atoms with E-state index < -0.39 is 0 Å². The van der Waals surface area contributed by atoms with Crippen LogP contribution in [-0.2, 0) is 0 Å². The van der Waals surface area contributed by atoms with Crippen LogP contribution in [0.3, 0.4) is 0 Å². The van der Waals surface area contributed by atoms with E-state index in [1.807, 2.05) is 36.4 Å². The molecule has 1 aromatic rings. The monoisotopic (exact) mass is 176 g/mol. The molecule has 2 rings (SSSR count). The Hall–Kier alpha value is -1.61. The number of allylic oxidation sites excluding steroid dienone is 1. The fraction of sp³-hybridized carbons (Fsp3) is 0.100. The lowest BCUT2D eigenvalue weighted by atomic mass is 10.2. The van der Waals surface area contributed by atoms with Crippen LogP contribution < -0.4 is 5.43 Å². The average Bonchev–Trinajstić information content (AvgIpc) is 2.45. The smallest absolute Gasteiger partial charge is 0.0634 e. The molecule has 1 aromatic carbocycles. The van der Waals surface area contributed by atoms with Gasteiger partial charge >= 0.3 is 0 Å². The molecule has 0 atom stereocenters. The van der Waals surface area contributed by atoms with Crippen molar-refractivity contribution in [1.29, 1.82) is 0 Å². The molecule has 0 unspecified atom stereocenters. The molecule has 0 amide bonds. The molecule has 68 valence electrons. The van der Waals surface area contributed by atoms with E-state index in [-0.39, 0.29) is 0 Å². The van der Waals surface area contributed by atoms with E-state index in [4.69, 9.17) is 5.11 Å². The largest absolute Gasteiger partial charge is 0.400 e. The van der Waals surface area contributed by atoms with Crippen LogP contribution in [0.15, 0.2) is 35.4 Å². The molecule has 1 aliphatic heterocycles. The lowest BCUT2D eigenvalue weighted by molar-refractivity contribution is 0.399. The van der Waals surface area contributed by atoms with Gasteiger partial charge in [0.25, 0.3) is 0 Å². The average molecular weight is 176 g/mol. The lowest BCUT2D eigenvalue weighted by Crippen LogP contribution is -1.87. The molecule has 0 radical (unpaired) electrons. The normalized spacial score (nSPS) is 11.8. The van der Waals surface area contributed by atoms with Crippen molar-refractivity contribution in [1.82, 2.24) is 0 Å². The number of aliphatic hydroxyl groups excluding tert-OH is 1. The number of para-hydroxylation sites is 1. The number of hydrogen-bond donors (Lipinski definition) is 2. The first-order chi connectivity index (χ1) is 6.47. The maximum absolute atomic E-state index is 7.00. The number of hydrazone groups is 1. The summed E-state index contributed by atoms with van der Waals surface area (Å²) in [7, 11) is 1.00. The predicted molar refractivity (Wildman–Crippen MR) is 55.7 cm³/mol. The molecular formula is C10H12N2O. The zero-order chi connectivity index (χ0) is 9.52. The van der Waals surface area contributed by atoms with E-state index >= 15 is 0 Å². The molecule has 0 bridgehead atoms. The Balaban J connectivity index is 0.000000396. The van der Waals surface area contributed by atoms with Crippen LogP contribution in [0.2, 0.25) is 0 Å². The summed E-state index contributed by atoms with van der Waals surface area (Å²) in [6, 6.07) is 8.05. The van der Waals surface area contributed by atoms with E-state index in [1.54, 1.807) is 6.21 Å². The topological polar surface area (TPSA) is 44.6 Å².